The van der Waals surface area contributed by atoms with Crippen LogP contribution in [0.1, 0.15) is 58.6 Å². The van der Waals surface area contributed by atoms with Gasteiger partial charge in [-0.25, -0.2) is 15.0 Å². The molecule has 0 radical (unpaired) electrons. The van der Waals surface area contributed by atoms with E-state index in [9.17, 15) is 4.57 Å². The van der Waals surface area contributed by atoms with Crippen molar-refractivity contribution >= 4 is 35.8 Å². The summed E-state index contributed by atoms with van der Waals surface area (Å²) in [6.07, 6.45) is 11.2. The molecule has 6 unspecified atom stereocenters. The number of rotatable bonds is 14. The number of fused-ring (bicyclic) bond motifs is 1. The van der Waals surface area contributed by atoms with Gasteiger partial charge in [0.05, 0.1) is 12.9 Å². The first-order chi connectivity index (χ1) is 16.9. The number of anilines is 1. The monoisotopic (exact) mass is 525 g/mol. The van der Waals surface area contributed by atoms with Gasteiger partial charge in [-0.05, 0) is 12.8 Å². The molecule has 12 heteroatoms. The zero-order chi connectivity index (χ0) is 25.4. The molecular formula is C23H36N5O5PS. The van der Waals surface area contributed by atoms with E-state index in [-0.39, 0.29) is 24.7 Å². The van der Waals surface area contributed by atoms with E-state index in [2.05, 4.69) is 47.0 Å². The van der Waals surface area contributed by atoms with Gasteiger partial charge in [-0.2, -0.15) is 0 Å². The first-order valence-electron chi connectivity index (χ1n) is 12.0. The Bertz CT molecular complexity index is 1050. The van der Waals surface area contributed by atoms with E-state index in [4.69, 9.17) is 30.9 Å². The van der Waals surface area contributed by atoms with Gasteiger partial charge >= 0.3 is 0 Å². The first kappa shape index (κ1) is 27.9. The van der Waals surface area contributed by atoms with Crippen molar-refractivity contribution in [2.24, 2.45) is 0 Å². The standard InChI is InChI=1S/C23H36N5O5PS/c1-5-8-9-11-16(10-6-2)34(29,35)33-19-17(13-30-4)32-23(20(19)31-12-7-3)28-15-27-18-21(24)25-14-26-22(18)28/h3,14-17,19-20,23H,5-6,8-13H2,1-2,4H3,(H,29,35)(H2,24,25,26). The number of hydrogen-bond donors (Lipinski definition) is 2. The van der Waals surface area contributed by atoms with Gasteiger partial charge < -0.3 is 24.5 Å². The highest BCUT2D eigenvalue weighted by atomic mass is 32.7. The zero-order valence-corrected chi connectivity index (χ0v) is 22.4. The summed E-state index contributed by atoms with van der Waals surface area (Å²) in [7, 11) is 1.57. The number of hydrogen-bond acceptors (Lipinski definition) is 9. The molecule has 2 aromatic rings. The Morgan fingerprint density at radius 2 is 2.06 bits per heavy atom. The number of nitrogens with two attached hydrogens (primary N) is 1. The van der Waals surface area contributed by atoms with E-state index in [0.29, 0.717) is 11.2 Å². The summed E-state index contributed by atoms with van der Waals surface area (Å²) in [5.41, 5.74) is 6.72. The maximum absolute atomic E-state index is 13.9. The molecule has 1 aliphatic heterocycles. The zero-order valence-electron chi connectivity index (χ0n) is 20.6. The smallest absolute Gasteiger partial charge is 0.258 e. The molecule has 0 saturated carbocycles. The molecule has 0 spiro atoms. The number of nitrogen functional groups attached to an aromatic ring is 1. The predicted molar refractivity (Wildman–Crippen MR) is 138 cm³/mol. The summed E-state index contributed by atoms with van der Waals surface area (Å²) in [4.78, 5) is 12.6. The Morgan fingerprint density at radius 3 is 2.74 bits per heavy atom. The Hall–Kier alpha value is -1.67. The number of unbranched alkanes of at least 4 members (excludes halogenated alkanes) is 2. The molecular weight excluding hydrogens is 489 g/mol. The molecule has 1 fully saturated rings. The summed E-state index contributed by atoms with van der Waals surface area (Å²) < 4.78 is 39.6. The van der Waals surface area contributed by atoms with Crippen LogP contribution in [0.4, 0.5) is 5.82 Å². The van der Waals surface area contributed by atoms with E-state index in [1.165, 1.54) is 6.33 Å². The summed E-state index contributed by atoms with van der Waals surface area (Å²) in [6.45, 7) is 1.08. The first-order valence-corrected chi connectivity index (χ1v) is 14.9. The van der Waals surface area contributed by atoms with Crippen molar-refractivity contribution in [2.75, 3.05) is 26.1 Å². The lowest BCUT2D eigenvalue weighted by Crippen LogP contribution is -2.38. The Kier molecular flexibility index (Phi) is 10.4. The van der Waals surface area contributed by atoms with Crippen molar-refractivity contribution in [3.05, 3.63) is 12.7 Å². The minimum absolute atomic E-state index is 0.0135. The molecule has 35 heavy (non-hydrogen) atoms. The lowest BCUT2D eigenvalue weighted by molar-refractivity contribution is -0.0670. The normalized spacial score (nSPS) is 24.9. The molecule has 1 aliphatic rings. The van der Waals surface area contributed by atoms with Crippen molar-refractivity contribution in [3.8, 4) is 12.3 Å². The fourth-order valence-electron chi connectivity index (χ4n) is 4.43. The van der Waals surface area contributed by atoms with Crippen molar-refractivity contribution in [3.63, 3.8) is 0 Å². The highest BCUT2D eigenvalue weighted by Crippen LogP contribution is 2.61. The van der Waals surface area contributed by atoms with E-state index in [1.807, 2.05) is 0 Å². The molecule has 3 rings (SSSR count). The molecule has 6 atom stereocenters. The van der Waals surface area contributed by atoms with Gasteiger partial charge in [0.25, 0.3) is 6.57 Å². The number of thiol groups is 1. The van der Waals surface area contributed by atoms with Crippen molar-refractivity contribution in [1.29, 1.82) is 0 Å². The molecule has 0 aliphatic carbocycles. The summed E-state index contributed by atoms with van der Waals surface area (Å²) in [5.74, 6) is 2.74. The molecule has 0 amide bonds. The average Bonchev–Trinajstić information content (AvgIpc) is 3.39. The Labute approximate surface area is 212 Å². The average molecular weight is 526 g/mol. The molecule has 2 N–H and O–H groups in total. The number of ether oxygens (including phenoxy) is 3. The van der Waals surface area contributed by atoms with Gasteiger partial charge in [-0.15, -0.1) is 6.42 Å². The van der Waals surface area contributed by atoms with Crippen molar-refractivity contribution in [1.82, 2.24) is 19.5 Å². The number of methoxy groups -OCH3 is 1. The van der Waals surface area contributed by atoms with Crippen LogP contribution in [0, 0.1) is 12.3 Å². The largest absolute Gasteiger partial charge is 0.382 e. The molecule has 10 nitrogen and oxygen atoms in total. The maximum atomic E-state index is 13.9. The second-order valence-corrected chi connectivity index (χ2v) is 12.4. The predicted octanol–water partition coefficient (Wildman–Crippen LogP) is 4.23. The quantitative estimate of drug-likeness (QED) is 0.161. The van der Waals surface area contributed by atoms with Crippen LogP contribution in [0.2, 0.25) is 0 Å². The highest BCUT2D eigenvalue weighted by Gasteiger charge is 2.51. The van der Waals surface area contributed by atoms with Gasteiger partial charge in [0.15, 0.2) is 17.7 Å². The van der Waals surface area contributed by atoms with Gasteiger partial charge in [-0.3, -0.25) is 9.13 Å². The lowest BCUT2D eigenvalue weighted by atomic mass is 10.1. The van der Waals surface area contributed by atoms with E-state index >= 15 is 0 Å². The minimum Gasteiger partial charge on any atom is -0.382 e. The Balaban J connectivity index is 1.94. The third-order valence-electron chi connectivity index (χ3n) is 6.13. The molecule has 194 valence electrons. The van der Waals surface area contributed by atoms with Crippen LogP contribution < -0.4 is 5.73 Å². The second kappa shape index (κ2) is 13.0. The van der Waals surface area contributed by atoms with Gasteiger partial charge in [0, 0.05) is 12.8 Å². The Morgan fingerprint density at radius 1 is 1.26 bits per heavy atom. The van der Waals surface area contributed by atoms with Crippen LogP contribution in [0.25, 0.3) is 11.2 Å². The molecule has 3 heterocycles. The van der Waals surface area contributed by atoms with Crippen LogP contribution >= 0.6 is 18.8 Å². The summed E-state index contributed by atoms with van der Waals surface area (Å²) >= 11 is 4.60. The molecule has 1 saturated heterocycles. The summed E-state index contributed by atoms with van der Waals surface area (Å²) in [6, 6.07) is 0. The van der Waals surface area contributed by atoms with Crippen molar-refractivity contribution in [2.45, 2.75) is 82.6 Å². The van der Waals surface area contributed by atoms with Crippen LogP contribution in [-0.2, 0) is 23.3 Å². The van der Waals surface area contributed by atoms with Gasteiger partial charge in [0.1, 0.15) is 36.8 Å². The van der Waals surface area contributed by atoms with Gasteiger partial charge in [0.2, 0.25) is 0 Å². The van der Waals surface area contributed by atoms with Crippen LogP contribution in [0.15, 0.2) is 12.7 Å². The SMILES string of the molecule is C#CCOC1C(OP(=O)(S)C(CCC)CCCCC)C(COC)OC1n1cnc2c(N)ncnc21. The second-order valence-electron chi connectivity index (χ2n) is 8.66. The topological polar surface area (TPSA) is 124 Å². The fraction of sp³-hybridized carbons (Fsp3) is 0.696. The lowest BCUT2D eigenvalue weighted by Gasteiger charge is -2.30. The number of aromatic nitrogens is 4. The van der Waals surface area contributed by atoms with Crippen LogP contribution in [0.5, 0.6) is 0 Å². The molecule has 0 bridgehead atoms. The maximum Gasteiger partial charge on any atom is 0.258 e. The minimum atomic E-state index is -3.34. The van der Waals surface area contributed by atoms with Gasteiger partial charge in [-0.1, -0.05) is 57.7 Å². The third kappa shape index (κ3) is 6.56. The third-order valence-corrected chi connectivity index (χ3v) is 9.38. The number of imidazole rings is 1. The fourth-order valence-corrected chi connectivity index (χ4v) is 7.32. The van der Waals surface area contributed by atoms with Crippen molar-refractivity contribution < 1.29 is 23.3 Å². The summed E-state index contributed by atoms with van der Waals surface area (Å²) in [5, 5.41) is 0. The van der Waals surface area contributed by atoms with Crippen LogP contribution in [0.3, 0.4) is 0 Å². The number of terminal acetylenes is 1. The molecule has 0 aromatic carbocycles. The van der Waals surface area contributed by atoms with Crippen LogP contribution in [-0.4, -0.2) is 63.8 Å². The molecule has 2 aromatic heterocycles. The van der Waals surface area contributed by atoms with E-state index in [0.717, 1.165) is 38.5 Å². The van der Waals surface area contributed by atoms with E-state index in [1.54, 1.807) is 18.0 Å². The van der Waals surface area contributed by atoms with E-state index < -0.39 is 31.1 Å². The number of nitrogens with zero attached hydrogens (tertiary/aromatic N) is 4. The highest BCUT2D eigenvalue weighted by molar-refractivity contribution is 8.46.